The SMILES string of the molecule is CCN=c1n(Cc2ccccc2C)c2c(c(=O)n1C)CN(Cc1ccccc1)CC2. The predicted molar refractivity (Wildman–Crippen MR) is 120 cm³/mol. The van der Waals surface area contributed by atoms with Crippen LogP contribution in [0.25, 0.3) is 0 Å². The van der Waals surface area contributed by atoms with Gasteiger partial charge in [-0.25, -0.2) is 0 Å². The van der Waals surface area contributed by atoms with E-state index in [9.17, 15) is 4.79 Å². The second kappa shape index (κ2) is 8.84. The summed E-state index contributed by atoms with van der Waals surface area (Å²) in [5, 5.41) is 0. The van der Waals surface area contributed by atoms with Crippen LogP contribution in [0.1, 0.15) is 34.9 Å². The molecule has 0 fully saturated rings. The van der Waals surface area contributed by atoms with Crippen LogP contribution in [0.2, 0.25) is 0 Å². The minimum Gasteiger partial charge on any atom is -0.311 e. The fourth-order valence-electron chi connectivity index (χ4n) is 4.33. The molecule has 5 heteroatoms. The van der Waals surface area contributed by atoms with Gasteiger partial charge in [-0.3, -0.25) is 19.3 Å². The first-order valence-corrected chi connectivity index (χ1v) is 10.7. The van der Waals surface area contributed by atoms with Crippen molar-refractivity contribution < 1.29 is 0 Å². The Labute approximate surface area is 178 Å². The van der Waals surface area contributed by atoms with Gasteiger partial charge in [0.25, 0.3) is 5.56 Å². The molecule has 0 saturated heterocycles. The fourth-order valence-corrected chi connectivity index (χ4v) is 4.33. The maximum absolute atomic E-state index is 13.2. The Bertz CT molecular complexity index is 1160. The summed E-state index contributed by atoms with van der Waals surface area (Å²) in [6.45, 7) is 8.03. The van der Waals surface area contributed by atoms with Crippen molar-refractivity contribution in [1.29, 1.82) is 0 Å². The van der Waals surface area contributed by atoms with Gasteiger partial charge in [0.15, 0.2) is 0 Å². The minimum atomic E-state index is 0.0796. The lowest BCUT2D eigenvalue weighted by Crippen LogP contribution is -2.47. The first-order chi connectivity index (χ1) is 14.6. The van der Waals surface area contributed by atoms with Crippen LogP contribution in [0.4, 0.5) is 0 Å². The van der Waals surface area contributed by atoms with Gasteiger partial charge in [-0.05, 0) is 30.5 Å². The van der Waals surface area contributed by atoms with Crippen molar-refractivity contribution in [3.8, 4) is 0 Å². The van der Waals surface area contributed by atoms with Crippen LogP contribution in [-0.4, -0.2) is 27.1 Å². The monoisotopic (exact) mass is 402 g/mol. The zero-order valence-corrected chi connectivity index (χ0v) is 18.1. The lowest BCUT2D eigenvalue weighted by molar-refractivity contribution is 0.236. The molecule has 0 saturated carbocycles. The van der Waals surface area contributed by atoms with Gasteiger partial charge in [0.2, 0.25) is 5.62 Å². The maximum atomic E-state index is 13.2. The van der Waals surface area contributed by atoms with E-state index in [1.807, 2.05) is 20.0 Å². The molecule has 156 valence electrons. The number of aromatic nitrogens is 2. The van der Waals surface area contributed by atoms with Crippen molar-refractivity contribution >= 4 is 0 Å². The van der Waals surface area contributed by atoms with Crippen LogP contribution in [0.15, 0.2) is 64.4 Å². The fraction of sp³-hybridized carbons (Fsp3) is 0.360. The Kier molecular flexibility index (Phi) is 6.00. The molecular formula is C25H30N4O. The Morgan fingerprint density at radius 1 is 1.00 bits per heavy atom. The maximum Gasteiger partial charge on any atom is 0.259 e. The van der Waals surface area contributed by atoms with E-state index >= 15 is 0 Å². The third kappa shape index (κ3) is 4.03. The zero-order valence-electron chi connectivity index (χ0n) is 18.1. The van der Waals surface area contributed by atoms with E-state index in [2.05, 4.69) is 64.9 Å². The average molecular weight is 403 g/mol. The molecule has 1 aromatic heterocycles. The minimum absolute atomic E-state index is 0.0796. The van der Waals surface area contributed by atoms with Crippen LogP contribution in [0.5, 0.6) is 0 Å². The number of aryl methyl sites for hydroxylation is 1. The number of hydrogen-bond donors (Lipinski definition) is 0. The summed E-state index contributed by atoms with van der Waals surface area (Å²) >= 11 is 0. The Morgan fingerprint density at radius 3 is 2.47 bits per heavy atom. The first kappa shape index (κ1) is 20.4. The van der Waals surface area contributed by atoms with Crippen LogP contribution in [0, 0.1) is 6.92 Å². The lowest BCUT2D eigenvalue weighted by Gasteiger charge is -2.31. The molecule has 1 aliphatic rings. The Hall–Kier alpha value is -2.92. The first-order valence-electron chi connectivity index (χ1n) is 10.7. The molecule has 0 unspecified atom stereocenters. The van der Waals surface area contributed by atoms with E-state index < -0.39 is 0 Å². The van der Waals surface area contributed by atoms with E-state index in [4.69, 9.17) is 4.99 Å². The summed E-state index contributed by atoms with van der Waals surface area (Å²) < 4.78 is 4.00. The van der Waals surface area contributed by atoms with Crippen LogP contribution < -0.4 is 11.2 Å². The highest BCUT2D eigenvalue weighted by Gasteiger charge is 2.24. The van der Waals surface area contributed by atoms with Crippen molar-refractivity contribution in [2.24, 2.45) is 12.0 Å². The molecular weight excluding hydrogens is 372 g/mol. The van der Waals surface area contributed by atoms with E-state index in [0.717, 1.165) is 42.9 Å². The molecule has 2 aromatic carbocycles. The standard InChI is InChI=1S/C25H30N4O/c1-4-26-25-27(3)24(30)22-18-28(16-20-11-6-5-7-12-20)15-14-23(22)29(25)17-21-13-9-8-10-19(21)2/h5-13H,4,14-18H2,1-3H3. The molecule has 0 N–H and O–H groups in total. The van der Waals surface area contributed by atoms with Crippen LogP contribution in [-0.2, 0) is 33.1 Å². The molecule has 0 amide bonds. The number of rotatable bonds is 5. The summed E-state index contributed by atoms with van der Waals surface area (Å²) in [6.07, 6.45) is 0.858. The quantitative estimate of drug-likeness (QED) is 0.658. The van der Waals surface area contributed by atoms with Gasteiger partial charge < -0.3 is 4.57 Å². The highest BCUT2D eigenvalue weighted by molar-refractivity contribution is 5.28. The second-order valence-corrected chi connectivity index (χ2v) is 8.02. The smallest absolute Gasteiger partial charge is 0.259 e. The lowest BCUT2D eigenvalue weighted by atomic mass is 10.0. The molecule has 5 nitrogen and oxygen atoms in total. The summed E-state index contributed by atoms with van der Waals surface area (Å²) in [7, 11) is 1.85. The molecule has 0 atom stereocenters. The third-order valence-electron chi connectivity index (χ3n) is 5.96. The van der Waals surface area contributed by atoms with Crippen LogP contribution in [0.3, 0.4) is 0 Å². The number of benzene rings is 2. The number of fused-ring (bicyclic) bond motifs is 1. The van der Waals surface area contributed by atoms with E-state index in [-0.39, 0.29) is 5.56 Å². The average Bonchev–Trinajstić information content (AvgIpc) is 2.76. The normalized spacial score (nSPS) is 14.7. The molecule has 0 aliphatic carbocycles. The van der Waals surface area contributed by atoms with Gasteiger partial charge in [-0.15, -0.1) is 0 Å². The Balaban J connectivity index is 1.77. The summed E-state index contributed by atoms with van der Waals surface area (Å²) in [5.74, 6) is 0. The molecule has 3 aromatic rings. The highest BCUT2D eigenvalue weighted by atomic mass is 16.1. The Morgan fingerprint density at radius 2 is 1.73 bits per heavy atom. The summed E-state index contributed by atoms with van der Waals surface area (Å²) in [4.78, 5) is 20.3. The third-order valence-corrected chi connectivity index (χ3v) is 5.96. The topological polar surface area (TPSA) is 42.5 Å². The van der Waals surface area contributed by atoms with Crippen molar-refractivity contribution in [2.45, 2.75) is 39.9 Å². The van der Waals surface area contributed by atoms with Crippen molar-refractivity contribution in [1.82, 2.24) is 14.0 Å². The zero-order chi connectivity index (χ0) is 21.1. The molecule has 2 heterocycles. The molecule has 1 aliphatic heterocycles. The largest absolute Gasteiger partial charge is 0.311 e. The number of hydrogen-bond acceptors (Lipinski definition) is 3. The van der Waals surface area contributed by atoms with Crippen molar-refractivity contribution in [3.05, 3.63) is 98.5 Å². The van der Waals surface area contributed by atoms with Gasteiger partial charge in [0.05, 0.1) is 12.1 Å². The van der Waals surface area contributed by atoms with Gasteiger partial charge in [0, 0.05) is 45.3 Å². The summed E-state index contributed by atoms with van der Waals surface area (Å²) in [6, 6.07) is 18.9. The van der Waals surface area contributed by atoms with E-state index in [1.54, 1.807) is 4.57 Å². The van der Waals surface area contributed by atoms with Crippen molar-refractivity contribution in [3.63, 3.8) is 0 Å². The molecule has 0 bridgehead atoms. The molecule has 4 rings (SSSR count). The van der Waals surface area contributed by atoms with E-state index in [1.165, 1.54) is 16.7 Å². The second-order valence-electron chi connectivity index (χ2n) is 8.02. The van der Waals surface area contributed by atoms with Crippen LogP contribution >= 0.6 is 0 Å². The van der Waals surface area contributed by atoms with Gasteiger partial charge in [-0.2, -0.15) is 0 Å². The predicted octanol–water partition coefficient (Wildman–Crippen LogP) is 3.02. The molecule has 0 radical (unpaired) electrons. The van der Waals surface area contributed by atoms with Gasteiger partial charge in [-0.1, -0.05) is 54.6 Å². The number of nitrogens with zero attached hydrogens (tertiary/aromatic N) is 4. The van der Waals surface area contributed by atoms with Crippen molar-refractivity contribution in [2.75, 3.05) is 13.1 Å². The van der Waals surface area contributed by atoms with Gasteiger partial charge >= 0.3 is 0 Å². The molecule has 30 heavy (non-hydrogen) atoms. The van der Waals surface area contributed by atoms with E-state index in [0.29, 0.717) is 13.1 Å². The summed E-state index contributed by atoms with van der Waals surface area (Å²) in [5.41, 5.74) is 6.69. The highest BCUT2D eigenvalue weighted by Crippen LogP contribution is 2.19. The molecule has 0 spiro atoms. The van der Waals surface area contributed by atoms with Gasteiger partial charge in [0.1, 0.15) is 0 Å².